The highest BCUT2D eigenvalue weighted by Crippen LogP contribution is 2.58. The van der Waals surface area contributed by atoms with Gasteiger partial charge in [-0.1, -0.05) is 212 Å². The lowest BCUT2D eigenvalue weighted by Gasteiger charge is -2.34. The maximum atomic E-state index is 5.36. The first kappa shape index (κ1) is 33.0. The molecule has 10 aromatic rings. The number of fused-ring (bicyclic) bond motifs is 5. The molecule has 1 aliphatic rings. The van der Waals surface area contributed by atoms with Crippen molar-refractivity contribution in [1.29, 1.82) is 0 Å². The molecule has 1 heterocycles. The summed E-state index contributed by atoms with van der Waals surface area (Å²) in [5, 5.41) is 4.64. The first-order valence-electron chi connectivity index (χ1n) is 19.6. The lowest BCUT2D eigenvalue weighted by atomic mass is 9.67. The van der Waals surface area contributed by atoms with Crippen molar-refractivity contribution in [2.45, 2.75) is 5.41 Å². The summed E-state index contributed by atoms with van der Waals surface area (Å²) < 4.78 is 0. The Bertz CT molecular complexity index is 3070. The van der Waals surface area contributed by atoms with Crippen LogP contribution in [0.15, 0.2) is 218 Å². The molecule has 0 spiro atoms. The van der Waals surface area contributed by atoms with E-state index in [1.54, 1.807) is 0 Å². The molecule has 1 aromatic heterocycles. The molecule has 0 saturated heterocycles. The van der Waals surface area contributed by atoms with E-state index < -0.39 is 5.41 Å². The molecule has 0 bridgehead atoms. The molecule has 0 aliphatic heterocycles. The van der Waals surface area contributed by atoms with Gasteiger partial charge in [0.25, 0.3) is 0 Å². The van der Waals surface area contributed by atoms with Crippen LogP contribution >= 0.6 is 0 Å². The van der Waals surface area contributed by atoms with E-state index >= 15 is 0 Å². The summed E-state index contributed by atoms with van der Waals surface area (Å²) >= 11 is 0. The topological polar surface area (TPSA) is 25.8 Å². The number of rotatable bonds is 6. The van der Waals surface area contributed by atoms with Gasteiger partial charge in [0, 0.05) is 16.7 Å². The van der Waals surface area contributed by atoms with Gasteiger partial charge in [-0.05, 0) is 72.1 Å². The van der Waals surface area contributed by atoms with E-state index in [4.69, 9.17) is 9.97 Å². The number of benzene rings is 9. The molecule has 0 atom stereocenters. The lowest BCUT2D eigenvalue weighted by molar-refractivity contribution is 0.768. The Labute approximate surface area is 332 Å². The highest BCUT2D eigenvalue weighted by Gasteiger charge is 2.46. The van der Waals surface area contributed by atoms with E-state index in [9.17, 15) is 0 Å². The van der Waals surface area contributed by atoms with Crippen LogP contribution in [0.5, 0.6) is 0 Å². The Morgan fingerprint density at radius 3 is 1.58 bits per heavy atom. The van der Waals surface area contributed by atoms with Gasteiger partial charge in [-0.25, -0.2) is 9.97 Å². The third-order valence-electron chi connectivity index (χ3n) is 11.8. The molecule has 11 rings (SSSR count). The highest BCUT2D eigenvalue weighted by molar-refractivity contribution is 6.08. The zero-order valence-electron chi connectivity index (χ0n) is 31.2. The summed E-state index contributed by atoms with van der Waals surface area (Å²) in [4.78, 5) is 10.6. The van der Waals surface area contributed by atoms with Gasteiger partial charge in [0.05, 0.1) is 16.8 Å². The predicted octanol–water partition coefficient (Wildman–Crippen LogP) is 13.8. The molecule has 57 heavy (non-hydrogen) atoms. The van der Waals surface area contributed by atoms with Crippen LogP contribution in [0.1, 0.15) is 22.3 Å². The van der Waals surface area contributed by atoms with Crippen molar-refractivity contribution in [1.82, 2.24) is 9.97 Å². The first-order valence-corrected chi connectivity index (χ1v) is 19.6. The van der Waals surface area contributed by atoms with Gasteiger partial charge in [-0.15, -0.1) is 0 Å². The predicted molar refractivity (Wildman–Crippen MR) is 236 cm³/mol. The Balaban J connectivity index is 1.15. The molecule has 1 aliphatic carbocycles. The van der Waals surface area contributed by atoms with Gasteiger partial charge < -0.3 is 0 Å². The average Bonchev–Trinajstić information content (AvgIpc) is 3.60. The summed E-state index contributed by atoms with van der Waals surface area (Å²) in [6.45, 7) is 0. The normalized spacial score (nSPS) is 12.7. The van der Waals surface area contributed by atoms with Gasteiger partial charge in [-0.2, -0.15) is 0 Å². The van der Waals surface area contributed by atoms with Crippen molar-refractivity contribution in [3.63, 3.8) is 0 Å². The van der Waals surface area contributed by atoms with Crippen molar-refractivity contribution in [3.05, 3.63) is 241 Å². The Morgan fingerprint density at radius 2 is 0.825 bits per heavy atom. The molecular formula is C55H36N2. The molecular weight excluding hydrogens is 689 g/mol. The van der Waals surface area contributed by atoms with Crippen LogP contribution in [0.25, 0.3) is 77.7 Å². The Morgan fingerprint density at radius 1 is 0.316 bits per heavy atom. The van der Waals surface area contributed by atoms with E-state index in [-0.39, 0.29) is 0 Å². The smallest absolute Gasteiger partial charge is 0.161 e. The number of hydrogen-bond donors (Lipinski definition) is 0. The third-order valence-corrected chi connectivity index (χ3v) is 11.8. The van der Waals surface area contributed by atoms with Gasteiger partial charge in [0.2, 0.25) is 0 Å². The van der Waals surface area contributed by atoms with E-state index in [1.807, 2.05) is 6.07 Å². The highest BCUT2D eigenvalue weighted by atomic mass is 14.9. The van der Waals surface area contributed by atoms with Crippen LogP contribution in [0.3, 0.4) is 0 Å². The molecule has 0 unspecified atom stereocenters. The zero-order valence-corrected chi connectivity index (χ0v) is 31.2. The first-order chi connectivity index (χ1) is 28.3. The molecule has 2 heteroatoms. The van der Waals surface area contributed by atoms with E-state index in [0.717, 1.165) is 38.9 Å². The maximum Gasteiger partial charge on any atom is 0.161 e. The Hall–Kier alpha value is -7.42. The minimum absolute atomic E-state index is 0.465. The van der Waals surface area contributed by atoms with Gasteiger partial charge in [0.1, 0.15) is 0 Å². The Kier molecular flexibility index (Phi) is 7.75. The van der Waals surface area contributed by atoms with Gasteiger partial charge >= 0.3 is 0 Å². The summed E-state index contributed by atoms with van der Waals surface area (Å²) in [6, 6.07) is 78.7. The molecule has 266 valence electrons. The fraction of sp³-hybridized carbons (Fsp3) is 0.0182. The van der Waals surface area contributed by atoms with Crippen LogP contribution < -0.4 is 0 Å². The molecule has 0 saturated carbocycles. The molecule has 0 fully saturated rings. The minimum Gasteiger partial charge on any atom is -0.228 e. The van der Waals surface area contributed by atoms with Gasteiger partial charge in [0.15, 0.2) is 5.82 Å². The van der Waals surface area contributed by atoms with E-state index in [2.05, 4.69) is 212 Å². The van der Waals surface area contributed by atoms with Crippen molar-refractivity contribution in [3.8, 4) is 56.2 Å². The molecule has 0 N–H and O–H groups in total. The molecule has 0 amide bonds. The quantitative estimate of drug-likeness (QED) is 0.171. The largest absolute Gasteiger partial charge is 0.228 e. The molecule has 0 radical (unpaired) electrons. The fourth-order valence-corrected chi connectivity index (χ4v) is 9.36. The molecule has 9 aromatic carbocycles. The van der Waals surface area contributed by atoms with Crippen molar-refractivity contribution < 1.29 is 0 Å². The molecule has 2 nitrogen and oxygen atoms in total. The number of aromatic nitrogens is 2. The number of nitrogens with zero attached hydrogens (tertiary/aromatic N) is 2. The second-order valence-corrected chi connectivity index (χ2v) is 14.8. The van der Waals surface area contributed by atoms with Crippen molar-refractivity contribution >= 4 is 21.5 Å². The van der Waals surface area contributed by atoms with Crippen LogP contribution in [-0.2, 0) is 5.41 Å². The standard InChI is InChI=1S/C55H36N2/c1-4-19-38(20-5-1)51-36-52(57-54(56-51)47-31-16-21-37-18-10-11-26-41(37)47)45-35-34-44(42-27-12-13-28-43(42)45)46-30-17-33-50-53(46)48-29-14-15-32-49(48)55(50,39-22-6-2-7-23-39)40-24-8-3-9-25-40/h1-36H. The fourth-order valence-electron chi connectivity index (χ4n) is 9.36. The number of hydrogen-bond acceptors (Lipinski definition) is 2. The van der Waals surface area contributed by atoms with E-state index in [1.165, 1.54) is 55.3 Å². The average molecular weight is 725 g/mol. The summed E-state index contributed by atoms with van der Waals surface area (Å²) in [5.41, 5.74) is 14.6. The van der Waals surface area contributed by atoms with Crippen LogP contribution in [0, 0.1) is 0 Å². The lowest BCUT2D eigenvalue weighted by Crippen LogP contribution is -2.28. The third kappa shape index (κ3) is 5.18. The summed E-state index contributed by atoms with van der Waals surface area (Å²) in [5.74, 6) is 0.715. The zero-order chi connectivity index (χ0) is 37.8. The van der Waals surface area contributed by atoms with Crippen molar-refractivity contribution in [2.75, 3.05) is 0 Å². The van der Waals surface area contributed by atoms with E-state index in [0.29, 0.717) is 5.82 Å². The monoisotopic (exact) mass is 724 g/mol. The SMILES string of the molecule is c1ccc(-c2cc(-c3ccc(-c4cccc5c4-c4ccccc4C5(c4ccccc4)c4ccccc4)c4ccccc34)nc(-c3cccc4ccccc34)n2)cc1. The van der Waals surface area contributed by atoms with Crippen molar-refractivity contribution in [2.24, 2.45) is 0 Å². The maximum absolute atomic E-state index is 5.36. The van der Waals surface area contributed by atoms with Crippen LogP contribution in [0.4, 0.5) is 0 Å². The van der Waals surface area contributed by atoms with Crippen LogP contribution in [-0.4, -0.2) is 9.97 Å². The minimum atomic E-state index is -0.465. The summed E-state index contributed by atoms with van der Waals surface area (Å²) in [6.07, 6.45) is 0. The second kappa shape index (κ2) is 13.4. The van der Waals surface area contributed by atoms with Gasteiger partial charge in [-0.3, -0.25) is 0 Å². The summed E-state index contributed by atoms with van der Waals surface area (Å²) in [7, 11) is 0. The van der Waals surface area contributed by atoms with Crippen LogP contribution in [0.2, 0.25) is 0 Å². The second-order valence-electron chi connectivity index (χ2n) is 14.8.